The van der Waals surface area contributed by atoms with Gasteiger partial charge in [-0.25, -0.2) is 0 Å². The molecule has 0 amide bonds. The minimum atomic E-state index is 0.227. The van der Waals surface area contributed by atoms with E-state index in [1.165, 1.54) is 0 Å². The van der Waals surface area contributed by atoms with E-state index in [2.05, 4.69) is 33.5 Å². The van der Waals surface area contributed by atoms with Crippen LogP contribution in [0.4, 0.5) is 5.69 Å². The predicted molar refractivity (Wildman–Crippen MR) is 75.3 cm³/mol. The molecular weight excluding hydrogens is 240 g/mol. The maximum absolute atomic E-state index is 5.74. The molecule has 1 N–H and O–H groups in total. The van der Waals surface area contributed by atoms with E-state index in [4.69, 9.17) is 4.74 Å². The highest BCUT2D eigenvalue weighted by molar-refractivity contribution is 5.90. The number of likely N-dealkylation sites (N-methyl/N-ethyl adjacent to an activating group) is 1. The quantitative estimate of drug-likeness (QED) is 0.901. The van der Waals surface area contributed by atoms with Gasteiger partial charge in [-0.15, -0.1) is 0 Å². The molecule has 1 fully saturated rings. The molecule has 1 unspecified atom stereocenters. The van der Waals surface area contributed by atoms with Crippen LogP contribution in [0.25, 0.3) is 10.9 Å². The van der Waals surface area contributed by atoms with E-state index >= 15 is 0 Å². The largest absolute Gasteiger partial charge is 0.381 e. The first-order valence-electron chi connectivity index (χ1n) is 6.57. The fourth-order valence-corrected chi connectivity index (χ4v) is 2.36. The maximum Gasteiger partial charge on any atom is 0.0950 e. The third kappa shape index (κ3) is 2.83. The van der Waals surface area contributed by atoms with Crippen molar-refractivity contribution >= 4 is 16.6 Å². The van der Waals surface area contributed by atoms with Crippen molar-refractivity contribution in [2.45, 2.75) is 6.10 Å². The molecule has 1 aliphatic heterocycles. The molecule has 1 atom stereocenters. The highest BCUT2D eigenvalue weighted by Gasteiger charge is 2.17. The predicted octanol–water partition coefficient (Wildman–Crippen LogP) is 1.37. The summed E-state index contributed by atoms with van der Waals surface area (Å²) >= 11 is 0. The van der Waals surface area contributed by atoms with Crippen molar-refractivity contribution in [1.29, 1.82) is 0 Å². The molecule has 5 heteroatoms. The van der Waals surface area contributed by atoms with Crippen LogP contribution in [0.2, 0.25) is 0 Å². The molecule has 1 aliphatic rings. The molecule has 19 heavy (non-hydrogen) atoms. The Bertz CT molecular complexity index is 555. The molecule has 1 aromatic heterocycles. The van der Waals surface area contributed by atoms with Crippen LogP contribution in [0.15, 0.2) is 30.5 Å². The number of aromatic nitrogens is 2. The van der Waals surface area contributed by atoms with Gasteiger partial charge in [-0.1, -0.05) is 18.2 Å². The summed E-state index contributed by atoms with van der Waals surface area (Å²) in [4.78, 5) is 2.29. The molecule has 2 aromatic rings. The average Bonchev–Trinajstić information content (AvgIpc) is 2.45. The van der Waals surface area contributed by atoms with Crippen molar-refractivity contribution in [2.75, 3.05) is 38.6 Å². The van der Waals surface area contributed by atoms with Gasteiger partial charge in [0.25, 0.3) is 0 Å². The molecule has 0 bridgehead atoms. The SMILES string of the molecule is CN1CCOC(CNc2cnnc3ccccc23)C1. The number of benzene rings is 1. The lowest BCUT2D eigenvalue weighted by Gasteiger charge is -2.30. The molecular formula is C14H18N4O. The molecule has 2 heterocycles. The summed E-state index contributed by atoms with van der Waals surface area (Å²) in [6.45, 7) is 3.57. The molecule has 0 aliphatic carbocycles. The third-order valence-corrected chi connectivity index (χ3v) is 3.41. The molecule has 1 saturated heterocycles. The molecule has 0 spiro atoms. The van der Waals surface area contributed by atoms with Gasteiger partial charge in [0.05, 0.1) is 30.1 Å². The van der Waals surface area contributed by atoms with E-state index in [0.29, 0.717) is 0 Å². The second-order valence-electron chi connectivity index (χ2n) is 4.91. The zero-order chi connectivity index (χ0) is 13.1. The number of rotatable bonds is 3. The van der Waals surface area contributed by atoms with Gasteiger partial charge in [-0.2, -0.15) is 10.2 Å². The lowest BCUT2D eigenvalue weighted by Crippen LogP contribution is -2.43. The normalized spacial score (nSPS) is 20.6. The van der Waals surface area contributed by atoms with Crippen molar-refractivity contribution in [1.82, 2.24) is 15.1 Å². The van der Waals surface area contributed by atoms with Crippen LogP contribution in [-0.4, -0.2) is 54.5 Å². The van der Waals surface area contributed by atoms with Crippen molar-refractivity contribution in [3.05, 3.63) is 30.5 Å². The summed E-state index contributed by atoms with van der Waals surface area (Å²) in [5.41, 5.74) is 1.93. The first-order chi connectivity index (χ1) is 9.33. The van der Waals surface area contributed by atoms with Gasteiger partial charge in [-0.05, 0) is 13.1 Å². The van der Waals surface area contributed by atoms with Crippen molar-refractivity contribution in [2.24, 2.45) is 0 Å². The topological polar surface area (TPSA) is 50.3 Å². The second kappa shape index (κ2) is 5.50. The van der Waals surface area contributed by atoms with Crippen LogP contribution in [0, 0.1) is 0 Å². The standard InChI is InChI=1S/C14H18N4O/c1-18-6-7-19-11(10-18)8-15-14-9-16-17-13-5-3-2-4-12(13)14/h2-5,9,11H,6-8,10H2,1H3,(H,15,17). The highest BCUT2D eigenvalue weighted by atomic mass is 16.5. The van der Waals surface area contributed by atoms with Crippen molar-refractivity contribution in [3.63, 3.8) is 0 Å². The summed E-state index contributed by atoms with van der Waals surface area (Å²) in [6.07, 6.45) is 2.00. The first-order valence-corrected chi connectivity index (χ1v) is 6.57. The van der Waals surface area contributed by atoms with E-state index in [9.17, 15) is 0 Å². The van der Waals surface area contributed by atoms with Gasteiger partial charge in [0.2, 0.25) is 0 Å². The van der Waals surface area contributed by atoms with Gasteiger partial charge in [-0.3, -0.25) is 0 Å². The van der Waals surface area contributed by atoms with Gasteiger partial charge in [0.15, 0.2) is 0 Å². The van der Waals surface area contributed by atoms with Crippen LogP contribution < -0.4 is 5.32 Å². The smallest absolute Gasteiger partial charge is 0.0950 e. The van der Waals surface area contributed by atoms with Crippen LogP contribution in [0.5, 0.6) is 0 Å². The number of anilines is 1. The zero-order valence-corrected chi connectivity index (χ0v) is 11.0. The Morgan fingerprint density at radius 1 is 1.42 bits per heavy atom. The lowest BCUT2D eigenvalue weighted by atomic mass is 10.2. The van der Waals surface area contributed by atoms with Gasteiger partial charge in [0, 0.05) is 25.0 Å². The van der Waals surface area contributed by atoms with E-state index in [-0.39, 0.29) is 6.10 Å². The van der Waals surface area contributed by atoms with E-state index in [0.717, 1.165) is 42.8 Å². The molecule has 100 valence electrons. The number of hydrogen-bond acceptors (Lipinski definition) is 5. The minimum absolute atomic E-state index is 0.227. The molecule has 5 nitrogen and oxygen atoms in total. The Morgan fingerprint density at radius 2 is 2.32 bits per heavy atom. The monoisotopic (exact) mass is 258 g/mol. The number of hydrogen-bond donors (Lipinski definition) is 1. The number of ether oxygens (including phenoxy) is 1. The average molecular weight is 258 g/mol. The Morgan fingerprint density at radius 3 is 3.21 bits per heavy atom. The summed E-state index contributed by atoms with van der Waals surface area (Å²) in [6, 6.07) is 8.01. The van der Waals surface area contributed by atoms with Gasteiger partial charge >= 0.3 is 0 Å². The zero-order valence-electron chi connectivity index (χ0n) is 11.0. The molecule has 0 radical (unpaired) electrons. The number of morpholine rings is 1. The summed E-state index contributed by atoms with van der Waals surface area (Å²) in [7, 11) is 2.12. The molecule has 1 aromatic carbocycles. The maximum atomic E-state index is 5.74. The first kappa shape index (κ1) is 12.3. The number of nitrogens with zero attached hydrogens (tertiary/aromatic N) is 3. The fraction of sp³-hybridized carbons (Fsp3) is 0.429. The van der Waals surface area contributed by atoms with Crippen molar-refractivity contribution < 1.29 is 4.74 Å². The lowest BCUT2D eigenvalue weighted by molar-refractivity contribution is -0.0117. The number of fused-ring (bicyclic) bond motifs is 1. The van der Waals surface area contributed by atoms with E-state index in [1.54, 1.807) is 6.20 Å². The third-order valence-electron chi connectivity index (χ3n) is 3.41. The fourth-order valence-electron chi connectivity index (χ4n) is 2.36. The second-order valence-corrected chi connectivity index (χ2v) is 4.91. The summed E-state index contributed by atoms with van der Waals surface area (Å²) in [5, 5.41) is 12.7. The minimum Gasteiger partial charge on any atom is -0.381 e. The van der Waals surface area contributed by atoms with Gasteiger partial charge in [0.1, 0.15) is 0 Å². The van der Waals surface area contributed by atoms with Crippen LogP contribution >= 0.6 is 0 Å². The Balaban J connectivity index is 1.71. The Labute approximate surface area is 112 Å². The van der Waals surface area contributed by atoms with Crippen LogP contribution in [-0.2, 0) is 4.74 Å². The van der Waals surface area contributed by atoms with Crippen molar-refractivity contribution in [3.8, 4) is 0 Å². The van der Waals surface area contributed by atoms with E-state index in [1.807, 2.05) is 18.2 Å². The number of nitrogens with one attached hydrogen (secondary N) is 1. The van der Waals surface area contributed by atoms with Crippen LogP contribution in [0.1, 0.15) is 0 Å². The van der Waals surface area contributed by atoms with Crippen LogP contribution in [0.3, 0.4) is 0 Å². The molecule has 0 saturated carbocycles. The highest BCUT2D eigenvalue weighted by Crippen LogP contribution is 2.19. The summed E-state index contributed by atoms with van der Waals surface area (Å²) < 4.78 is 5.74. The van der Waals surface area contributed by atoms with Gasteiger partial charge < -0.3 is 15.0 Å². The van der Waals surface area contributed by atoms with E-state index < -0.39 is 0 Å². The Kier molecular flexibility index (Phi) is 3.57. The molecule has 3 rings (SSSR count). The Hall–Kier alpha value is -1.72. The summed E-state index contributed by atoms with van der Waals surface area (Å²) in [5.74, 6) is 0.